The third-order valence-corrected chi connectivity index (χ3v) is 3.48. The van der Waals surface area contributed by atoms with Crippen LogP contribution >= 0.6 is 0 Å². The van der Waals surface area contributed by atoms with Crippen LogP contribution in [0.4, 0.5) is 5.69 Å². The molecule has 0 radical (unpaired) electrons. The highest BCUT2D eigenvalue weighted by molar-refractivity contribution is 5.93. The van der Waals surface area contributed by atoms with Crippen molar-refractivity contribution in [2.75, 3.05) is 39.1 Å². The number of rotatable bonds is 6. The number of benzene rings is 1. The lowest BCUT2D eigenvalue weighted by atomic mass is 10.2. The van der Waals surface area contributed by atoms with Crippen molar-refractivity contribution in [3.63, 3.8) is 0 Å². The molecule has 5 heteroatoms. The summed E-state index contributed by atoms with van der Waals surface area (Å²) in [4.78, 5) is 14.1. The van der Waals surface area contributed by atoms with Gasteiger partial charge in [0.2, 0.25) is 0 Å². The molecule has 1 aliphatic heterocycles. The normalized spacial score (nSPS) is 15.2. The summed E-state index contributed by atoms with van der Waals surface area (Å²) in [5, 5.41) is 0. The van der Waals surface area contributed by atoms with Gasteiger partial charge in [-0.2, -0.15) is 0 Å². The van der Waals surface area contributed by atoms with Crippen LogP contribution in [0, 0.1) is 0 Å². The van der Waals surface area contributed by atoms with E-state index in [2.05, 4.69) is 4.90 Å². The summed E-state index contributed by atoms with van der Waals surface area (Å²) in [6, 6.07) is 5.03. The number of carbonyl (C=O) groups excluding carboxylic acids is 1. The van der Waals surface area contributed by atoms with Gasteiger partial charge in [-0.25, -0.2) is 4.79 Å². The van der Waals surface area contributed by atoms with Crippen molar-refractivity contribution < 1.29 is 14.3 Å². The number of methoxy groups -OCH3 is 1. The predicted molar refractivity (Wildman–Crippen MR) is 78.0 cm³/mol. The van der Waals surface area contributed by atoms with Crippen LogP contribution in [-0.4, -0.2) is 44.2 Å². The van der Waals surface area contributed by atoms with E-state index in [4.69, 9.17) is 15.2 Å². The first-order valence-electron chi connectivity index (χ1n) is 7.03. The average Bonchev–Trinajstić information content (AvgIpc) is 2.97. The maximum atomic E-state index is 11.7. The molecule has 2 rings (SSSR count). The van der Waals surface area contributed by atoms with Gasteiger partial charge in [0.25, 0.3) is 0 Å². The quantitative estimate of drug-likeness (QED) is 0.489. The van der Waals surface area contributed by atoms with E-state index in [1.165, 1.54) is 33.0 Å². The van der Waals surface area contributed by atoms with E-state index in [0.717, 1.165) is 13.0 Å². The molecular weight excluding hydrogens is 256 g/mol. The number of likely N-dealkylation sites (tertiary alicyclic amines) is 1. The van der Waals surface area contributed by atoms with Gasteiger partial charge in [0.05, 0.1) is 13.7 Å². The number of anilines is 1. The molecule has 0 aromatic heterocycles. The zero-order valence-electron chi connectivity index (χ0n) is 11.9. The molecule has 5 nitrogen and oxygen atoms in total. The van der Waals surface area contributed by atoms with Crippen molar-refractivity contribution in [2.45, 2.75) is 19.3 Å². The molecule has 1 saturated heterocycles. The van der Waals surface area contributed by atoms with E-state index in [1.807, 2.05) is 0 Å². The number of hydrogen-bond donors (Lipinski definition) is 1. The van der Waals surface area contributed by atoms with Crippen LogP contribution in [0.15, 0.2) is 18.2 Å². The molecule has 2 N–H and O–H groups in total. The van der Waals surface area contributed by atoms with E-state index >= 15 is 0 Å². The summed E-state index contributed by atoms with van der Waals surface area (Å²) >= 11 is 0. The van der Waals surface area contributed by atoms with Crippen LogP contribution in [0.3, 0.4) is 0 Å². The third-order valence-electron chi connectivity index (χ3n) is 3.48. The van der Waals surface area contributed by atoms with Crippen LogP contribution in [-0.2, 0) is 4.74 Å². The Balaban J connectivity index is 1.86. The van der Waals surface area contributed by atoms with Gasteiger partial charge >= 0.3 is 5.97 Å². The lowest BCUT2D eigenvalue weighted by molar-refractivity contribution is 0.0596. The maximum absolute atomic E-state index is 11.7. The number of hydrogen-bond acceptors (Lipinski definition) is 5. The van der Waals surface area contributed by atoms with Gasteiger partial charge in [-0.3, -0.25) is 0 Å². The molecule has 0 amide bonds. The topological polar surface area (TPSA) is 64.8 Å². The van der Waals surface area contributed by atoms with Crippen LogP contribution in [0.1, 0.15) is 29.6 Å². The molecule has 0 unspecified atom stereocenters. The Morgan fingerprint density at radius 2 is 2.10 bits per heavy atom. The number of esters is 1. The number of nitrogen functional groups attached to an aromatic ring is 1. The lowest BCUT2D eigenvalue weighted by Crippen LogP contribution is -2.22. The second kappa shape index (κ2) is 7.14. The molecule has 1 heterocycles. The lowest BCUT2D eigenvalue weighted by Gasteiger charge is -2.15. The van der Waals surface area contributed by atoms with Crippen LogP contribution < -0.4 is 10.5 Å². The van der Waals surface area contributed by atoms with Gasteiger partial charge in [0.1, 0.15) is 11.3 Å². The minimum absolute atomic E-state index is 0.383. The standard InChI is InChI=1S/C15H22N2O3/c1-19-15(18)13-11-12(16)5-6-14(13)20-10-4-9-17-7-2-3-8-17/h5-6,11H,2-4,7-10,16H2,1H3. The van der Waals surface area contributed by atoms with E-state index in [1.54, 1.807) is 18.2 Å². The van der Waals surface area contributed by atoms with Crippen molar-refractivity contribution in [2.24, 2.45) is 0 Å². The summed E-state index contributed by atoms with van der Waals surface area (Å²) < 4.78 is 10.4. The van der Waals surface area contributed by atoms with Crippen molar-refractivity contribution in [3.05, 3.63) is 23.8 Å². The molecule has 1 aliphatic rings. The summed E-state index contributed by atoms with van der Waals surface area (Å²) in [5.74, 6) is 0.110. The average molecular weight is 278 g/mol. The SMILES string of the molecule is COC(=O)c1cc(N)ccc1OCCCN1CCCC1. The highest BCUT2D eigenvalue weighted by Gasteiger charge is 2.14. The van der Waals surface area contributed by atoms with Crippen LogP contribution in [0.25, 0.3) is 0 Å². The van der Waals surface area contributed by atoms with Gasteiger partial charge in [-0.05, 0) is 50.6 Å². The molecule has 1 fully saturated rings. The highest BCUT2D eigenvalue weighted by atomic mass is 16.5. The highest BCUT2D eigenvalue weighted by Crippen LogP contribution is 2.22. The maximum Gasteiger partial charge on any atom is 0.341 e. The molecular formula is C15H22N2O3. The van der Waals surface area contributed by atoms with Gasteiger partial charge in [0.15, 0.2) is 0 Å². The summed E-state index contributed by atoms with van der Waals surface area (Å²) in [5.41, 5.74) is 6.59. The third kappa shape index (κ3) is 3.87. The second-order valence-corrected chi connectivity index (χ2v) is 5.00. The van der Waals surface area contributed by atoms with Crippen molar-refractivity contribution >= 4 is 11.7 Å². The first-order valence-corrected chi connectivity index (χ1v) is 7.03. The predicted octanol–water partition coefficient (Wildman–Crippen LogP) is 1.92. The van der Waals surface area contributed by atoms with E-state index in [0.29, 0.717) is 23.6 Å². The van der Waals surface area contributed by atoms with E-state index in [-0.39, 0.29) is 0 Å². The minimum atomic E-state index is -0.424. The van der Waals surface area contributed by atoms with Crippen LogP contribution in [0.5, 0.6) is 5.75 Å². The molecule has 110 valence electrons. The van der Waals surface area contributed by atoms with Crippen LogP contribution in [0.2, 0.25) is 0 Å². The molecule has 1 aromatic rings. The largest absolute Gasteiger partial charge is 0.493 e. The molecule has 0 saturated carbocycles. The van der Waals surface area contributed by atoms with Gasteiger partial charge in [-0.1, -0.05) is 0 Å². The second-order valence-electron chi connectivity index (χ2n) is 5.00. The minimum Gasteiger partial charge on any atom is -0.493 e. The molecule has 20 heavy (non-hydrogen) atoms. The van der Waals surface area contributed by atoms with Crippen molar-refractivity contribution in [1.29, 1.82) is 0 Å². The Morgan fingerprint density at radius 1 is 1.35 bits per heavy atom. The van der Waals surface area contributed by atoms with E-state index < -0.39 is 5.97 Å². The Kier molecular flexibility index (Phi) is 5.24. The fourth-order valence-electron chi connectivity index (χ4n) is 2.42. The molecule has 0 atom stereocenters. The Bertz CT molecular complexity index is 456. The number of nitrogens with zero attached hydrogens (tertiary/aromatic N) is 1. The molecule has 0 aliphatic carbocycles. The Labute approximate surface area is 119 Å². The number of nitrogens with two attached hydrogens (primary N) is 1. The summed E-state index contributed by atoms with van der Waals surface area (Å²) in [6.07, 6.45) is 3.54. The van der Waals surface area contributed by atoms with Gasteiger partial charge in [0, 0.05) is 12.2 Å². The monoisotopic (exact) mass is 278 g/mol. The molecule has 0 spiro atoms. The zero-order chi connectivity index (χ0) is 14.4. The van der Waals surface area contributed by atoms with E-state index in [9.17, 15) is 4.79 Å². The fraction of sp³-hybridized carbons (Fsp3) is 0.533. The molecule has 1 aromatic carbocycles. The van der Waals surface area contributed by atoms with Gasteiger partial charge < -0.3 is 20.1 Å². The number of ether oxygens (including phenoxy) is 2. The first-order chi connectivity index (χ1) is 9.70. The van der Waals surface area contributed by atoms with Crippen molar-refractivity contribution in [1.82, 2.24) is 4.90 Å². The zero-order valence-corrected chi connectivity index (χ0v) is 11.9. The Morgan fingerprint density at radius 3 is 2.80 bits per heavy atom. The smallest absolute Gasteiger partial charge is 0.341 e. The first kappa shape index (κ1) is 14.7. The fourth-order valence-corrected chi connectivity index (χ4v) is 2.42. The summed E-state index contributed by atoms with van der Waals surface area (Å²) in [7, 11) is 1.35. The Hall–Kier alpha value is -1.75. The van der Waals surface area contributed by atoms with Crippen molar-refractivity contribution in [3.8, 4) is 5.75 Å². The summed E-state index contributed by atoms with van der Waals surface area (Å²) in [6.45, 7) is 4.01. The molecule has 0 bridgehead atoms. The number of carbonyl (C=O) groups is 1. The van der Waals surface area contributed by atoms with Gasteiger partial charge in [-0.15, -0.1) is 0 Å².